The first kappa shape index (κ1) is 38.4. The number of nitrogens with zero attached hydrogens (tertiary/aromatic N) is 2. The van der Waals surface area contributed by atoms with Gasteiger partial charge in [-0.15, -0.1) is 0 Å². The number of methoxy groups -OCH3 is 2. The minimum absolute atomic E-state index is 0.0500. The van der Waals surface area contributed by atoms with Crippen LogP contribution < -0.4 is 14.2 Å². The lowest BCUT2D eigenvalue weighted by atomic mass is 9.86. The average molecular weight is 723 g/mol. The number of hydrogen-bond donors (Lipinski definition) is 2. The van der Waals surface area contributed by atoms with E-state index in [0.29, 0.717) is 55.6 Å². The molecule has 0 radical (unpaired) electrons. The monoisotopic (exact) mass is 722 g/mol. The highest BCUT2D eigenvalue weighted by Crippen LogP contribution is 2.40. The standard InChI is InChI=1S/C41H42N2O10/c1-18-12-27(26(9)36-33(18)38(43-17-42-36)52-30-16-31(50-10)35(39(46)47)21(4)20(30)3)14-29(45)34-22(5)24(7)37(25(8)23(34)6)53-40(48)41(49)19(2)13-28(44)15-32(41)51-11/h12-13,15-17,49H,14H2,1-11H3,(H,46,47). The van der Waals surface area contributed by atoms with Crippen LogP contribution in [-0.2, 0) is 20.7 Å². The number of aliphatic hydroxyl groups is 1. The lowest BCUT2D eigenvalue weighted by Gasteiger charge is -2.31. The highest BCUT2D eigenvalue weighted by Gasteiger charge is 2.48. The molecular weight excluding hydrogens is 680 g/mol. The van der Waals surface area contributed by atoms with Gasteiger partial charge in [-0.05, 0) is 124 Å². The second-order valence-corrected chi connectivity index (χ2v) is 13.3. The Morgan fingerprint density at radius 1 is 0.755 bits per heavy atom. The van der Waals surface area contributed by atoms with E-state index in [1.54, 1.807) is 41.5 Å². The number of aryl methyl sites for hydroxylation is 2. The van der Waals surface area contributed by atoms with Crippen molar-refractivity contribution in [1.82, 2.24) is 9.97 Å². The van der Waals surface area contributed by atoms with E-state index in [-0.39, 0.29) is 46.5 Å². The van der Waals surface area contributed by atoms with Crippen LogP contribution in [0.1, 0.15) is 77.7 Å². The third kappa shape index (κ3) is 6.43. The van der Waals surface area contributed by atoms with Gasteiger partial charge in [0, 0.05) is 24.1 Å². The summed E-state index contributed by atoms with van der Waals surface area (Å²) in [5.74, 6) is -1.94. The zero-order valence-corrected chi connectivity index (χ0v) is 31.6. The molecule has 2 N–H and O–H groups in total. The number of ether oxygens (including phenoxy) is 4. The van der Waals surface area contributed by atoms with Crippen molar-refractivity contribution >= 4 is 34.4 Å². The van der Waals surface area contributed by atoms with Gasteiger partial charge in [0.15, 0.2) is 11.6 Å². The predicted molar refractivity (Wildman–Crippen MR) is 196 cm³/mol. The van der Waals surface area contributed by atoms with Crippen LogP contribution in [0.2, 0.25) is 0 Å². The van der Waals surface area contributed by atoms with Gasteiger partial charge in [-0.2, -0.15) is 0 Å². The molecule has 4 aromatic rings. The predicted octanol–water partition coefficient (Wildman–Crippen LogP) is 6.72. The number of ketones is 2. The number of carboxylic acid groups (broad SMARTS) is 1. The van der Waals surface area contributed by atoms with E-state index in [1.807, 2.05) is 19.9 Å². The Balaban J connectivity index is 1.49. The average Bonchev–Trinajstić information content (AvgIpc) is 3.10. The fraction of sp³-hybridized carbons (Fsp3) is 0.317. The first-order chi connectivity index (χ1) is 24.9. The molecule has 276 valence electrons. The minimum Gasteiger partial charge on any atom is -0.497 e. The smallest absolute Gasteiger partial charge is 0.356 e. The van der Waals surface area contributed by atoms with Crippen LogP contribution in [0.25, 0.3) is 10.9 Å². The molecule has 0 saturated carbocycles. The number of Topliss-reactive ketones (excluding diaryl/α,β-unsaturated/α-hetero) is 1. The first-order valence-electron chi connectivity index (χ1n) is 16.8. The molecule has 1 aromatic heterocycles. The van der Waals surface area contributed by atoms with Crippen LogP contribution >= 0.6 is 0 Å². The molecular formula is C41H42N2O10. The van der Waals surface area contributed by atoms with Gasteiger partial charge in [-0.25, -0.2) is 19.6 Å². The molecule has 0 bridgehead atoms. The summed E-state index contributed by atoms with van der Waals surface area (Å²) >= 11 is 0. The fourth-order valence-electron chi connectivity index (χ4n) is 6.89. The van der Waals surface area contributed by atoms with Gasteiger partial charge in [0.1, 0.15) is 34.9 Å². The lowest BCUT2D eigenvalue weighted by molar-refractivity contribution is -0.151. The quantitative estimate of drug-likeness (QED) is 0.101. The third-order valence-corrected chi connectivity index (χ3v) is 10.3. The summed E-state index contributed by atoms with van der Waals surface area (Å²) in [6, 6.07) is 3.44. The van der Waals surface area contributed by atoms with Crippen LogP contribution in [0.15, 0.2) is 41.9 Å². The molecule has 1 aliphatic rings. The maximum Gasteiger partial charge on any atom is 0.356 e. The van der Waals surface area contributed by atoms with E-state index >= 15 is 0 Å². The van der Waals surface area contributed by atoms with Crippen molar-refractivity contribution in [2.75, 3.05) is 14.2 Å². The second kappa shape index (κ2) is 14.3. The van der Waals surface area contributed by atoms with E-state index in [9.17, 15) is 29.4 Å². The molecule has 1 atom stereocenters. The summed E-state index contributed by atoms with van der Waals surface area (Å²) in [4.78, 5) is 60.5. The summed E-state index contributed by atoms with van der Waals surface area (Å²) in [5, 5.41) is 21.8. The highest BCUT2D eigenvalue weighted by atomic mass is 16.6. The normalized spacial score (nSPS) is 15.5. The summed E-state index contributed by atoms with van der Waals surface area (Å²) in [7, 11) is 2.65. The Hall–Kier alpha value is -5.88. The van der Waals surface area contributed by atoms with Gasteiger partial charge in [0.05, 0.1) is 25.1 Å². The Kier molecular flexibility index (Phi) is 10.3. The largest absolute Gasteiger partial charge is 0.497 e. The molecule has 5 rings (SSSR count). The SMILES string of the molecule is COC1=CC(=O)C=C(C)C1(O)C(=O)Oc1c(C)c(C)c(C(=O)Cc2cc(C)c3c(Oc4cc(OC)c(C(=O)O)c(C)c4C)ncnc3c2C)c(C)c1C. The number of carbonyl (C=O) groups excluding carboxylic acids is 3. The Labute approximate surface area is 307 Å². The highest BCUT2D eigenvalue weighted by molar-refractivity contribution is 6.06. The van der Waals surface area contributed by atoms with Crippen LogP contribution in [0, 0.1) is 55.4 Å². The molecule has 12 heteroatoms. The van der Waals surface area contributed by atoms with E-state index in [4.69, 9.17) is 18.9 Å². The molecule has 1 aliphatic carbocycles. The molecule has 53 heavy (non-hydrogen) atoms. The van der Waals surface area contributed by atoms with Crippen LogP contribution in [0.3, 0.4) is 0 Å². The van der Waals surface area contributed by atoms with E-state index in [1.165, 1.54) is 33.5 Å². The number of aromatic nitrogens is 2. The van der Waals surface area contributed by atoms with Gasteiger partial charge in [0.2, 0.25) is 11.5 Å². The number of hydrogen-bond acceptors (Lipinski definition) is 11. The molecule has 0 saturated heterocycles. The number of benzene rings is 3. The number of carboxylic acids is 1. The zero-order valence-electron chi connectivity index (χ0n) is 31.6. The fourth-order valence-corrected chi connectivity index (χ4v) is 6.89. The number of carbonyl (C=O) groups is 4. The summed E-state index contributed by atoms with van der Waals surface area (Å²) in [6.07, 6.45) is 3.63. The maximum atomic E-state index is 14.1. The van der Waals surface area contributed by atoms with E-state index < -0.39 is 23.3 Å². The van der Waals surface area contributed by atoms with Crippen molar-refractivity contribution in [1.29, 1.82) is 0 Å². The van der Waals surface area contributed by atoms with Gasteiger partial charge >= 0.3 is 11.9 Å². The Morgan fingerprint density at radius 3 is 1.96 bits per heavy atom. The number of allylic oxidation sites excluding steroid dienone is 2. The number of rotatable bonds is 10. The van der Waals surface area contributed by atoms with Gasteiger partial charge in [-0.3, -0.25) is 9.59 Å². The van der Waals surface area contributed by atoms with Gasteiger partial charge < -0.3 is 29.2 Å². The maximum absolute atomic E-state index is 14.1. The Bertz CT molecular complexity index is 2310. The number of aromatic carboxylic acids is 1. The topological polar surface area (TPSA) is 171 Å². The van der Waals surface area contributed by atoms with Gasteiger partial charge in [0.25, 0.3) is 0 Å². The molecule has 1 heterocycles. The Morgan fingerprint density at radius 2 is 1.38 bits per heavy atom. The van der Waals surface area contributed by atoms with Crippen molar-refractivity contribution in [2.24, 2.45) is 0 Å². The number of esters is 1. The van der Waals surface area contributed by atoms with Crippen LogP contribution in [-0.4, -0.2) is 63.5 Å². The molecule has 0 spiro atoms. The van der Waals surface area contributed by atoms with Crippen LogP contribution in [0.5, 0.6) is 23.1 Å². The third-order valence-electron chi connectivity index (χ3n) is 10.3. The van der Waals surface area contributed by atoms with Crippen molar-refractivity contribution in [3.8, 4) is 23.1 Å². The molecule has 0 amide bonds. The van der Waals surface area contributed by atoms with Gasteiger partial charge in [-0.1, -0.05) is 6.07 Å². The number of fused-ring (bicyclic) bond motifs is 1. The summed E-state index contributed by atoms with van der Waals surface area (Å²) in [5.41, 5.74) is 4.64. The first-order valence-corrected chi connectivity index (χ1v) is 16.8. The van der Waals surface area contributed by atoms with E-state index in [0.717, 1.165) is 28.8 Å². The van der Waals surface area contributed by atoms with Crippen LogP contribution in [0.4, 0.5) is 0 Å². The molecule has 0 fully saturated rings. The molecule has 3 aromatic carbocycles. The van der Waals surface area contributed by atoms with Crippen molar-refractivity contribution in [2.45, 2.75) is 74.3 Å². The summed E-state index contributed by atoms with van der Waals surface area (Å²) < 4.78 is 22.7. The van der Waals surface area contributed by atoms with Crippen molar-refractivity contribution < 1.29 is 48.3 Å². The zero-order chi connectivity index (χ0) is 39.3. The van der Waals surface area contributed by atoms with Crippen molar-refractivity contribution in [3.63, 3.8) is 0 Å². The summed E-state index contributed by atoms with van der Waals surface area (Å²) in [6.45, 7) is 15.7. The van der Waals surface area contributed by atoms with Crippen molar-refractivity contribution in [3.05, 3.63) is 103 Å². The van der Waals surface area contributed by atoms with E-state index in [2.05, 4.69) is 9.97 Å². The molecule has 12 nitrogen and oxygen atoms in total. The molecule has 0 aliphatic heterocycles. The molecule has 1 unspecified atom stereocenters. The second-order valence-electron chi connectivity index (χ2n) is 13.3. The minimum atomic E-state index is -2.30. The lowest BCUT2D eigenvalue weighted by Crippen LogP contribution is -2.47.